The predicted molar refractivity (Wildman–Crippen MR) is 160 cm³/mol. The van der Waals surface area contributed by atoms with Crippen LogP contribution in [0.4, 0.5) is 17.1 Å². The summed E-state index contributed by atoms with van der Waals surface area (Å²) >= 11 is 5.53. The molecule has 2 heterocycles. The maximum Gasteiger partial charge on any atom is 0.221 e. The fourth-order valence-corrected chi connectivity index (χ4v) is 5.27. The Kier molecular flexibility index (Phi) is 8.00. The number of aromatic nitrogens is 1. The Morgan fingerprint density at radius 1 is 0.868 bits per heavy atom. The molecule has 0 atom stereocenters. The molecule has 3 aromatic carbocycles. The highest BCUT2D eigenvalue weighted by Crippen LogP contribution is 2.39. The van der Waals surface area contributed by atoms with Gasteiger partial charge in [0.25, 0.3) is 0 Å². The minimum absolute atomic E-state index is 0.103. The van der Waals surface area contributed by atoms with Gasteiger partial charge in [-0.25, -0.2) is 0 Å². The van der Waals surface area contributed by atoms with Crippen LogP contribution in [0.2, 0.25) is 0 Å². The third kappa shape index (κ3) is 5.42. The summed E-state index contributed by atoms with van der Waals surface area (Å²) < 4.78 is 1.92. The first kappa shape index (κ1) is 25.9. The molecule has 196 valence electrons. The molecule has 0 radical (unpaired) electrons. The summed E-state index contributed by atoms with van der Waals surface area (Å²) in [7, 11) is 0. The number of benzene rings is 3. The Bertz CT molecular complexity index is 1420. The lowest BCUT2D eigenvalue weighted by Gasteiger charge is -2.36. The van der Waals surface area contributed by atoms with E-state index in [1.807, 2.05) is 34.9 Å². The van der Waals surface area contributed by atoms with Gasteiger partial charge in [0.1, 0.15) is 0 Å². The van der Waals surface area contributed by atoms with Crippen molar-refractivity contribution in [3.05, 3.63) is 83.9 Å². The topological polar surface area (TPSA) is 68.4 Å². The molecule has 0 spiro atoms. The van der Waals surface area contributed by atoms with Crippen LogP contribution in [0.15, 0.2) is 83.0 Å². The zero-order chi connectivity index (χ0) is 26.5. The van der Waals surface area contributed by atoms with E-state index >= 15 is 0 Å². The third-order valence-electron chi connectivity index (χ3n) is 7.22. The summed E-state index contributed by atoms with van der Waals surface area (Å²) in [6.07, 6.45) is 1.79. The van der Waals surface area contributed by atoms with E-state index < -0.39 is 0 Å². The zero-order valence-electron chi connectivity index (χ0n) is 22.0. The van der Waals surface area contributed by atoms with Crippen molar-refractivity contribution in [2.75, 3.05) is 36.4 Å². The van der Waals surface area contributed by atoms with E-state index in [4.69, 9.17) is 12.2 Å². The van der Waals surface area contributed by atoms with E-state index in [1.54, 1.807) is 0 Å². The van der Waals surface area contributed by atoms with Crippen LogP contribution in [0, 0.1) is 0 Å². The maximum atomic E-state index is 11.2. The molecule has 0 unspecified atom stereocenters. The average Bonchev–Trinajstić information content (AvgIpc) is 3.23. The molecule has 0 amide bonds. The lowest BCUT2D eigenvalue weighted by molar-refractivity contribution is 0.200. The van der Waals surface area contributed by atoms with Crippen LogP contribution in [0.1, 0.15) is 25.0 Å². The number of hydrogen-bond acceptors (Lipinski definition) is 5. The number of fused-ring (bicyclic) bond motifs is 1. The summed E-state index contributed by atoms with van der Waals surface area (Å²) in [5.41, 5.74) is 5.99. The second kappa shape index (κ2) is 11.8. The minimum Gasteiger partial charge on any atom is -0.493 e. The second-order valence-corrected chi connectivity index (χ2v) is 9.87. The molecular weight excluding hydrogens is 492 g/mol. The highest BCUT2D eigenvalue weighted by molar-refractivity contribution is 7.80. The Balaban J connectivity index is 1.33. The summed E-state index contributed by atoms with van der Waals surface area (Å²) in [5.74, 6) is 0.103. The van der Waals surface area contributed by atoms with Gasteiger partial charge >= 0.3 is 0 Å². The number of nitrogens with one attached hydrogen (secondary N) is 1. The molecule has 38 heavy (non-hydrogen) atoms. The van der Waals surface area contributed by atoms with Crippen molar-refractivity contribution in [3.8, 4) is 5.88 Å². The average molecular weight is 527 g/mol. The van der Waals surface area contributed by atoms with E-state index in [9.17, 15) is 5.11 Å². The molecule has 7 nitrogen and oxygen atoms in total. The molecule has 1 aromatic heterocycles. The van der Waals surface area contributed by atoms with Crippen molar-refractivity contribution in [2.24, 2.45) is 10.2 Å². The van der Waals surface area contributed by atoms with Crippen LogP contribution in [-0.4, -0.2) is 45.9 Å². The van der Waals surface area contributed by atoms with E-state index in [0.717, 1.165) is 55.6 Å². The van der Waals surface area contributed by atoms with Gasteiger partial charge in [-0.3, -0.25) is 9.47 Å². The number of azo groups is 1. The number of rotatable bonds is 7. The predicted octanol–water partition coefficient (Wildman–Crippen LogP) is 6.73. The SMILES string of the molecule is CCc1cccc(CC)c1NC(=S)N=Nc1c(O)n(CN2CCN(c3ccccc3)CC2)c2ccccc12. The molecule has 0 aliphatic carbocycles. The van der Waals surface area contributed by atoms with E-state index in [-0.39, 0.29) is 11.0 Å². The molecule has 2 N–H and O–H groups in total. The fourth-order valence-electron chi connectivity index (χ4n) is 5.13. The second-order valence-electron chi connectivity index (χ2n) is 9.49. The zero-order valence-corrected chi connectivity index (χ0v) is 22.8. The van der Waals surface area contributed by atoms with Gasteiger partial charge in [0, 0.05) is 42.9 Å². The number of piperazine rings is 1. The highest BCUT2D eigenvalue weighted by Gasteiger charge is 2.22. The monoisotopic (exact) mass is 526 g/mol. The first-order valence-electron chi connectivity index (χ1n) is 13.2. The normalized spacial score (nSPS) is 14.4. The Hall–Kier alpha value is -3.75. The molecule has 1 aliphatic heterocycles. The molecule has 5 rings (SSSR count). The summed E-state index contributed by atoms with van der Waals surface area (Å²) in [6, 6.07) is 24.7. The number of nitrogens with zero attached hydrogens (tertiary/aromatic N) is 5. The minimum atomic E-state index is 0.103. The summed E-state index contributed by atoms with van der Waals surface area (Å²) in [5, 5.41) is 24.4. The lowest BCUT2D eigenvalue weighted by Crippen LogP contribution is -2.46. The van der Waals surface area contributed by atoms with Gasteiger partial charge in [0.2, 0.25) is 11.0 Å². The highest BCUT2D eigenvalue weighted by atomic mass is 32.1. The van der Waals surface area contributed by atoms with Gasteiger partial charge < -0.3 is 15.3 Å². The number of aryl methyl sites for hydroxylation is 2. The number of para-hydroxylation sites is 3. The molecule has 0 saturated carbocycles. The molecule has 0 bridgehead atoms. The molecule has 8 heteroatoms. The fraction of sp³-hybridized carbons (Fsp3) is 0.300. The van der Waals surface area contributed by atoms with Crippen LogP contribution >= 0.6 is 12.2 Å². The van der Waals surface area contributed by atoms with Crippen molar-refractivity contribution in [1.29, 1.82) is 0 Å². The van der Waals surface area contributed by atoms with Gasteiger partial charge in [-0.2, -0.15) is 0 Å². The van der Waals surface area contributed by atoms with Crippen molar-refractivity contribution < 1.29 is 5.11 Å². The Morgan fingerprint density at radius 2 is 1.53 bits per heavy atom. The molecule has 4 aromatic rings. The largest absolute Gasteiger partial charge is 0.493 e. The summed E-state index contributed by atoms with van der Waals surface area (Å²) in [6.45, 7) is 8.52. The third-order valence-corrected chi connectivity index (χ3v) is 7.41. The number of thiocarbonyl (C=S) groups is 1. The van der Waals surface area contributed by atoms with Crippen LogP contribution in [-0.2, 0) is 19.5 Å². The van der Waals surface area contributed by atoms with Crippen molar-refractivity contribution >= 4 is 45.3 Å². The molecule has 1 fully saturated rings. The quantitative estimate of drug-likeness (QED) is 0.206. The Labute approximate surface area is 229 Å². The van der Waals surface area contributed by atoms with E-state index in [2.05, 4.69) is 81.7 Å². The molecular formula is C30H34N6OS. The van der Waals surface area contributed by atoms with Crippen molar-refractivity contribution in [2.45, 2.75) is 33.4 Å². The van der Waals surface area contributed by atoms with Crippen molar-refractivity contribution in [1.82, 2.24) is 9.47 Å². The standard InChI is InChI=1S/C30H34N6OS/c1-3-22-11-10-12-23(4-2)27(22)31-30(38)33-32-28-25-15-8-9-16-26(25)36(29(28)37)21-34-17-19-35(20-18-34)24-13-6-5-7-14-24/h5-16,37H,3-4,17-21H2,1-2H3,(H,31,38). The van der Waals surface area contributed by atoms with Crippen LogP contribution in [0.5, 0.6) is 5.88 Å². The van der Waals surface area contributed by atoms with Gasteiger partial charge in [0.15, 0.2) is 5.69 Å². The number of aromatic hydroxyl groups is 1. The summed E-state index contributed by atoms with van der Waals surface area (Å²) in [4.78, 5) is 4.75. The first-order chi connectivity index (χ1) is 18.6. The molecule has 1 saturated heterocycles. The maximum absolute atomic E-state index is 11.2. The smallest absolute Gasteiger partial charge is 0.221 e. The van der Waals surface area contributed by atoms with Gasteiger partial charge in [0.05, 0.1) is 12.2 Å². The van der Waals surface area contributed by atoms with Crippen LogP contribution in [0.3, 0.4) is 0 Å². The van der Waals surface area contributed by atoms with Gasteiger partial charge in [-0.1, -0.05) is 68.4 Å². The van der Waals surface area contributed by atoms with E-state index in [0.29, 0.717) is 12.4 Å². The number of anilines is 2. The lowest BCUT2D eigenvalue weighted by atomic mass is 10.0. The van der Waals surface area contributed by atoms with Gasteiger partial charge in [-0.15, -0.1) is 10.2 Å². The molecule has 1 aliphatic rings. The Morgan fingerprint density at radius 3 is 2.21 bits per heavy atom. The van der Waals surface area contributed by atoms with Crippen molar-refractivity contribution in [3.63, 3.8) is 0 Å². The van der Waals surface area contributed by atoms with Gasteiger partial charge in [-0.05, 0) is 54.4 Å². The van der Waals surface area contributed by atoms with Crippen LogP contribution < -0.4 is 10.2 Å². The number of hydrogen-bond donors (Lipinski definition) is 2. The first-order valence-corrected chi connectivity index (χ1v) is 13.7. The van der Waals surface area contributed by atoms with Crippen LogP contribution in [0.25, 0.3) is 10.9 Å². The van der Waals surface area contributed by atoms with E-state index in [1.165, 1.54) is 16.8 Å².